The highest BCUT2D eigenvalue weighted by Gasteiger charge is 2.14. The summed E-state index contributed by atoms with van der Waals surface area (Å²) in [4.78, 5) is 8.24. The number of nitrogens with zero attached hydrogens (tertiary/aromatic N) is 3. The molecule has 0 fully saturated rings. The van der Waals surface area contributed by atoms with Crippen molar-refractivity contribution in [3.05, 3.63) is 53.7 Å². The van der Waals surface area contributed by atoms with Gasteiger partial charge in [0.05, 0.1) is 12.1 Å². The summed E-state index contributed by atoms with van der Waals surface area (Å²) in [6.07, 6.45) is 3.56. The third-order valence-electron chi connectivity index (χ3n) is 2.98. The minimum absolute atomic E-state index is 0.677. The van der Waals surface area contributed by atoms with Crippen LogP contribution in [0.1, 0.15) is 10.8 Å². The van der Waals surface area contributed by atoms with E-state index in [1.54, 1.807) is 23.7 Å². The number of nitriles is 2. The van der Waals surface area contributed by atoms with Crippen molar-refractivity contribution in [3.63, 3.8) is 0 Å². The van der Waals surface area contributed by atoms with Crippen molar-refractivity contribution in [3.8, 4) is 32.3 Å². The van der Waals surface area contributed by atoms with Gasteiger partial charge in [0.1, 0.15) is 0 Å². The SMILES string of the molecule is N#CC(C#N)c1ccc(-c2ccc(-c3ccncc3)s2)s1. The number of hydrogen-bond donors (Lipinski definition) is 0. The predicted molar refractivity (Wildman–Crippen MR) is 84.8 cm³/mol. The predicted octanol–water partition coefficient (Wildman–Crippen LogP) is 4.67. The van der Waals surface area contributed by atoms with E-state index in [2.05, 4.69) is 17.1 Å². The van der Waals surface area contributed by atoms with E-state index in [-0.39, 0.29) is 0 Å². The smallest absolute Gasteiger partial charge is 0.167 e. The van der Waals surface area contributed by atoms with E-state index in [0.29, 0.717) is 0 Å². The van der Waals surface area contributed by atoms with Gasteiger partial charge >= 0.3 is 0 Å². The molecule has 3 heterocycles. The fourth-order valence-electron chi connectivity index (χ4n) is 1.94. The maximum absolute atomic E-state index is 8.94. The van der Waals surface area contributed by atoms with Crippen LogP contribution in [-0.4, -0.2) is 4.98 Å². The Kier molecular flexibility index (Phi) is 3.79. The molecule has 0 atom stereocenters. The van der Waals surface area contributed by atoms with Crippen molar-refractivity contribution >= 4 is 22.7 Å². The molecule has 0 unspecified atom stereocenters. The van der Waals surface area contributed by atoms with Crippen LogP contribution in [0.2, 0.25) is 0 Å². The van der Waals surface area contributed by atoms with Crippen LogP contribution in [0, 0.1) is 22.7 Å². The van der Waals surface area contributed by atoms with E-state index in [9.17, 15) is 0 Å². The van der Waals surface area contributed by atoms with Crippen molar-refractivity contribution in [2.45, 2.75) is 5.92 Å². The van der Waals surface area contributed by atoms with E-state index in [0.717, 1.165) is 20.2 Å². The lowest BCUT2D eigenvalue weighted by Gasteiger charge is -1.95. The summed E-state index contributed by atoms with van der Waals surface area (Å²) in [6, 6.07) is 16.0. The third-order valence-corrected chi connectivity index (χ3v) is 5.46. The van der Waals surface area contributed by atoms with Crippen LogP contribution in [0.15, 0.2) is 48.8 Å². The summed E-state index contributed by atoms with van der Waals surface area (Å²) >= 11 is 3.20. The second-order valence-electron chi connectivity index (χ2n) is 4.29. The summed E-state index contributed by atoms with van der Waals surface area (Å²) in [7, 11) is 0. The van der Waals surface area contributed by atoms with Crippen LogP contribution in [0.3, 0.4) is 0 Å². The number of pyridine rings is 1. The van der Waals surface area contributed by atoms with Gasteiger partial charge in [-0.25, -0.2) is 0 Å². The van der Waals surface area contributed by atoms with E-state index in [1.807, 2.05) is 36.4 Å². The zero-order chi connectivity index (χ0) is 14.7. The van der Waals surface area contributed by atoms with Gasteiger partial charge in [0.2, 0.25) is 0 Å². The normalized spacial score (nSPS) is 10.2. The summed E-state index contributed by atoms with van der Waals surface area (Å²) in [5.41, 5.74) is 1.14. The van der Waals surface area contributed by atoms with E-state index in [1.165, 1.54) is 16.2 Å². The van der Waals surface area contributed by atoms with Gasteiger partial charge in [0.15, 0.2) is 5.92 Å². The van der Waals surface area contributed by atoms with Crippen molar-refractivity contribution in [1.29, 1.82) is 10.5 Å². The molecule has 5 heteroatoms. The Morgan fingerprint density at radius 2 is 1.43 bits per heavy atom. The molecule has 3 rings (SSSR count). The van der Waals surface area contributed by atoms with Crippen molar-refractivity contribution in [2.75, 3.05) is 0 Å². The van der Waals surface area contributed by atoms with Gasteiger partial charge in [-0.15, -0.1) is 22.7 Å². The Morgan fingerprint density at radius 3 is 2.14 bits per heavy atom. The summed E-state index contributed by atoms with van der Waals surface area (Å²) in [5.74, 6) is -0.677. The third kappa shape index (κ3) is 2.71. The van der Waals surface area contributed by atoms with Gasteiger partial charge in [-0.1, -0.05) is 0 Å². The molecular weight excluding hydrogens is 298 g/mol. The minimum Gasteiger partial charge on any atom is -0.265 e. The van der Waals surface area contributed by atoms with E-state index >= 15 is 0 Å². The Labute approximate surface area is 130 Å². The largest absolute Gasteiger partial charge is 0.265 e. The van der Waals surface area contributed by atoms with Gasteiger partial charge in [0.25, 0.3) is 0 Å². The molecule has 0 radical (unpaired) electrons. The summed E-state index contributed by atoms with van der Waals surface area (Å²) in [6.45, 7) is 0. The lowest BCUT2D eigenvalue weighted by atomic mass is 10.1. The molecule has 0 N–H and O–H groups in total. The zero-order valence-electron chi connectivity index (χ0n) is 10.9. The standard InChI is InChI=1S/C16H9N3S2/c17-9-12(10-18)14-2-4-16(21-14)15-3-1-13(20-15)11-5-7-19-8-6-11/h1-8,12H. The van der Waals surface area contributed by atoms with Crippen molar-refractivity contribution in [2.24, 2.45) is 0 Å². The highest BCUT2D eigenvalue weighted by molar-refractivity contribution is 7.23. The first-order valence-corrected chi connectivity index (χ1v) is 7.84. The molecule has 0 saturated carbocycles. The van der Waals surface area contributed by atoms with Gasteiger partial charge < -0.3 is 0 Å². The maximum atomic E-state index is 8.94. The molecular formula is C16H9N3S2. The second kappa shape index (κ2) is 5.88. The molecule has 0 aliphatic carbocycles. The van der Waals surface area contributed by atoms with Crippen LogP contribution in [-0.2, 0) is 0 Å². The highest BCUT2D eigenvalue weighted by atomic mass is 32.1. The van der Waals surface area contributed by atoms with Crippen LogP contribution in [0.25, 0.3) is 20.2 Å². The molecule has 0 aliphatic heterocycles. The number of aromatic nitrogens is 1. The summed E-state index contributed by atoms with van der Waals surface area (Å²) < 4.78 is 0. The molecule has 0 aliphatic rings. The zero-order valence-corrected chi connectivity index (χ0v) is 12.5. The number of thiophene rings is 2. The first-order valence-electron chi connectivity index (χ1n) is 6.21. The van der Waals surface area contributed by atoms with Crippen molar-refractivity contribution in [1.82, 2.24) is 4.98 Å². The number of hydrogen-bond acceptors (Lipinski definition) is 5. The van der Waals surface area contributed by atoms with Crippen LogP contribution in [0.4, 0.5) is 0 Å². The first kappa shape index (κ1) is 13.5. The molecule has 0 spiro atoms. The molecule has 3 nitrogen and oxygen atoms in total. The van der Waals surface area contributed by atoms with Gasteiger partial charge in [-0.05, 0) is 42.0 Å². The van der Waals surface area contributed by atoms with Crippen molar-refractivity contribution < 1.29 is 0 Å². The average Bonchev–Trinajstić information content (AvgIpc) is 3.18. The Hall–Kier alpha value is -2.47. The quantitative estimate of drug-likeness (QED) is 0.706. The molecule has 0 aromatic carbocycles. The lowest BCUT2D eigenvalue weighted by molar-refractivity contribution is 1.14. The molecule has 3 aromatic rings. The monoisotopic (exact) mass is 307 g/mol. The number of rotatable bonds is 3. The lowest BCUT2D eigenvalue weighted by Crippen LogP contribution is -1.85. The molecule has 0 amide bonds. The van der Waals surface area contributed by atoms with Gasteiger partial charge in [0, 0.05) is 31.9 Å². The molecule has 0 saturated heterocycles. The molecule has 21 heavy (non-hydrogen) atoms. The fourth-order valence-corrected chi connectivity index (χ4v) is 4.04. The summed E-state index contributed by atoms with van der Waals surface area (Å²) in [5, 5.41) is 17.9. The van der Waals surface area contributed by atoms with E-state index in [4.69, 9.17) is 10.5 Å². The molecule has 100 valence electrons. The Balaban J connectivity index is 1.91. The maximum Gasteiger partial charge on any atom is 0.167 e. The van der Waals surface area contributed by atoms with Crippen LogP contribution >= 0.6 is 22.7 Å². The van der Waals surface area contributed by atoms with Gasteiger partial charge in [-0.3, -0.25) is 4.98 Å². The van der Waals surface area contributed by atoms with E-state index < -0.39 is 5.92 Å². The first-order chi connectivity index (χ1) is 10.3. The Morgan fingerprint density at radius 1 is 0.810 bits per heavy atom. The van der Waals surface area contributed by atoms with Gasteiger partial charge in [-0.2, -0.15) is 10.5 Å². The second-order valence-corrected chi connectivity index (χ2v) is 6.49. The molecule has 0 bridgehead atoms. The fraction of sp³-hybridized carbons (Fsp3) is 0.0625. The highest BCUT2D eigenvalue weighted by Crippen LogP contribution is 2.38. The van der Waals surface area contributed by atoms with Crippen LogP contribution in [0.5, 0.6) is 0 Å². The van der Waals surface area contributed by atoms with Crippen LogP contribution < -0.4 is 0 Å². The Bertz CT molecular complexity index is 820. The molecule has 3 aromatic heterocycles. The topological polar surface area (TPSA) is 60.5 Å². The minimum atomic E-state index is -0.677. The average molecular weight is 307 g/mol.